The molecule has 1 atom stereocenters. The number of para-hydroxylation sites is 1. The summed E-state index contributed by atoms with van der Waals surface area (Å²) in [5.74, 6) is -3.11. The van der Waals surface area contributed by atoms with Crippen LogP contribution in [0.1, 0.15) is 24.4 Å². The molecule has 190 valence electrons. The Bertz CT molecular complexity index is 1900. The summed E-state index contributed by atoms with van der Waals surface area (Å²) in [5.41, 5.74) is 8.18. The van der Waals surface area contributed by atoms with Crippen LogP contribution in [0.5, 0.6) is 5.75 Å². The molecule has 38 heavy (non-hydrogen) atoms. The SMILES string of the molecule is Cc1ccn2nc([C@H](C)n3nc(-c4cc(O)c(F)c(F)c4)c4c(N)ncnc43)n(-c3ccccc3)c(=O)c12. The average molecular weight is 514 g/mol. The van der Waals surface area contributed by atoms with Crippen molar-refractivity contribution in [1.29, 1.82) is 0 Å². The number of fused-ring (bicyclic) bond motifs is 2. The van der Waals surface area contributed by atoms with E-state index in [2.05, 4.69) is 15.1 Å². The first kappa shape index (κ1) is 23.3. The van der Waals surface area contributed by atoms with Gasteiger partial charge in [0, 0.05) is 11.8 Å². The molecule has 10 nitrogen and oxygen atoms in total. The van der Waals surface area contributed by atoms with E-state index in [1.165, 1.54) is 20.1 Å². The number of nitrogens with two attached hydrogens (primary N) is 1. The number of hydrogen-bond donors (Lipinski definition) is 2. The first-order valence-electron chi connectivity index (χ1n) is 11.6. The number of anilines is 1. The molecule has 0 unspecified atom stereocenters. The van der Waals surface area contributed by atoms with Crippen molar-refractivity contribution in [2.24, 2.45) is 0 Å². The smallest absolute Gasteiger partial charge is 0.282 e. The number of hydrogen-bond acceptors (Lipinski definition) is 7. The fourth-order valence-corrected chi connectivity index (χ4v) is 4.62. The van der Waals surface area contributed by atoms with Crippen LogP contribution in [0.25, 0.3) is 33.5 Å². The normalized spacial score (nSPS) is 12.4. The quantitative estimate of drug-likeness (QED) is 0.366. The Morgan fingerprint density at radius 1 is 1.05 bits per heavy atom. The molecule has 0 aliphatic carbocycles. The van der Waals surface area contributed by atoms with E-state index in [4.69, 9.17) is 10.8 Å². The van der Waals surface area contributed by atoms with E-state index in [1.54, 1.807) is 31.3 Å². The largest absolute Gasteiger partial charge is 0.505 e. The Hall–Kier alpha value is -5.13. The summed E-state index contributed by atoms with van der Waals surface area (Å²) in [4.78, 5) is 22.1. The lowest BCUT2D eigenvalue weighted by atomic mass is 10.1. The molecule has 12 heteroatoms. The van der Waals surface area contributed by atoms with Gasteiger partial charge < -0.3 is 10.8 Å². The monoisotopic (exact) mass is 514 g/mol. The molecule has 0 amide bonds. The number of phenols is 1. The van der Waals surface area contributed by atoms with Gasteiger partial charge in [-0.05, 0) is 49.7 Å². The van der Waals surface area contributed by atoms with Crippen LogP contribution >= 0.6 is 0 Å². The number of aromatic nitrogens is 7. The van der Waals surface area contributed by atoms with Gasteiger partial charge >= 0.3 is 0 Å². The summed E-state index contributed by atoms with van der Waals surface area (Å²) < 4.78 is 32.5. The predicted molar refractivity (Wildman–Crippen MR) is 136 cm³/mol. The number of nitrogen functional groups attached to an aromatic ring is 1. The molecule has 0 aliphatic rings. The maximum Gasteiger partial charge on any atom is 0.282 e. The maximum atomic E-state index is 14.2. The van der Waals surface area contributed by atoms with E-state index in [0.717, 1.165) is 17.7 Å². The van der Waals surface area contributed by atoms with Crippen molar-refractivity contribution in [3.05, 3.63) is 94.4 Å². The lowest BCUT2D eigenvalue weighted by molar-refractivity contribution is 0.407. The van der Waals surface area contributed by atoms with Gasteiger partial charge in [0.15, 0.2) is 28.9 Å². The molecule has 0 radical (unpaired) electrons. The Balaban J connectivity index is 1.64. The zero-order valence-corrected chi connectivity index (χ0v) is 20.2. The second-order valence-electron chi connectivity index (χ2n) is 8.84. The highest BCUT2D eigenvalue weighted by atomic mass is 19.2. The maximum absolute atomic E-state index is 14.2. The van der Waals surface area contributed by atoms with Gasteiger partial charge in [-0.15, -0.1) is 0 Å². The van der Waals surface area contributed by atoms with Crippen LogP contribution in [0.15, 0.2) is 65.8 Å². The third kappa shape index (κ3) is 3.41. The van der Waals surface area contributed by atoms with Gasteiger partial charge in [-0.1, -0.05) is 18.2 Å². The molecule has 3 N–H and O–H groups in total. The summed E-state index contributed by atoms with van der Waals surface area (Å²) in [6.45, 7) is 3.61. The van der Waals surface area contributed by atoms with E-state index in [0.29, 0.717) is 17.0 Å². The van der Waals surface area contributed by atoms with Crippen LogP contribution in [0.2, 0.25) is 0 Å². The zero-order valence-electron chi connectivity index (χ0n) is 20.2. The van der Waals surface area contributed by atoms with Crippen LogP contribution in [-0.2, 0) is 0 Å². The minimum atomic E-state index is -1.37. The zero-order chi connectivity index (χ0) is 26.7. The Morgan fingerprint density at radius 3 is 2.55 bits per heavy atom. The van der Waals surface area contributed by atoms with Gasteiger partial charge in [0.1, 0.15) is 29.4 Å². The summed E-state index contributed by atoms with van der Waals surface area (Å²) in [6.07, 6.45) is 2.96. The van der Waals surface area contributed by atoms with E-state index in [-0.39, 0.29) is 33.7 Å². The van der Waals surface area contributed by atoms with Crippen LogP contribution in [-0.4, -0.2) is 39.0 Å². The molecule has 6 aromatic rings. The van der Waals surface area contributed by atoms with Crippen molar-refractivity contribution in [3.8, 4) is 22.7 Å². The highest BCUT2D eigenvalue weighted by Gasteiger charge is 2.26. The number of halogens is 2. The Labute approximate surface area is 213 Å². The first-order valence-corrected chi connectivity index (χ1v) is 11.6. The molecule has 2 aromatic carbocycles. The number of aryl methyl sites for hydroxylation is 1. The fourth-order valence-electron chi connectivity index (χ4n) is 4.62. The highest BCUT2D eigenvalue weighted by molar-refractivity contribution is 5.98. The second kappa shape index (κ2) is 8.47. The van der Waals surface area contributed by atoms with Crippen molar-refractivity contribution in [3.63, 3.8) is 0 Å². The molecule has 4 aromatic heterocycles. The summed E-state index contributed by atoms with van der Waals surface area (Å²) in [7, 11) is 0. The van der Waals surface area contributed by atoms with Gasteiger partial charge in [-0.2, -0.15) is 14.6 Å². The number of phenolic OH excluding ortho intramolecular Hbond substituents is 1. The topological polar surface area (TPSA) is 129 Å². The van der Waals surface area contributed by atoms with Crippen LogP contribution in [0.4, 0.5) is 14.6 Å². The van der Waals surface area contributed by atoms with Crippen molar-refractivity contribution in [1.82, 2.24) is 33.9 Å². The van der Waals surface area contributed by atoms with Crippen molar-refractivity contribution in [2.75, 3.05) is 5.73 Å². The third-order valence-corrected chi connectivity index (χ3v) is 6.47. The lowest BCUT2D eigenvalue weighted by Crippen LogP contribution is -2.29. The first-order chi connectivity index (χ1) is 18.3. The van der Waals surface area contributed by atoms with Gasteiger partial charge in [-0.25, -0.2) is 23.6 Å². The predicted octanol–water partition coefficient (Wildman–Crippen LogP) is 3.78. The Kier molecular flexibility index (Phi) is 5.19. The number of aromatic hydroxyl groups is 1. The van der Waals surface area contributed by atoms with Gasteiger partial charge in [0.25, 0.3) is 5.56 Å². The summed E-state index contributed by atoms with van der Waals surface area (Å²) in [5, 5.41) is 19.6. The summed E-state index contributed by atoms with van der Waals surface area (Å²) >= 11 is 0. The van der Waals surface area contributed by atoms with Crippen LogP contribution < -0.4 is 11.3 Å². The standard InChI is InChI=1S/C26H20F2N8O2/c1-13-8-9-34-22(13)26(38)35(16-6-4-3-5-7-16)24(33-34)14(2)36-25-19(23(29)30-12-31-25)21(32-36)15-10-17(27)20(28)18(37)11-15/h3-12,14,37H,1-2H3,(H2,29,30,31)/t14-/m0/s1. The second-order valence-corrected chi connectivity index (χ2v) is 8.84. The lowest BCUT2D eigenvalue weighted by Gasteiger charge is -2.19. The van der Waals surface area contributed by atoms with Crippen molar-refractivity contribution in [2.45, 2.75) is 19.9 Å². The fraction of sp³-hybridized carbons (Fsp3) is 0.115. The van der Waals surface area contributed by atoms with Gasteiger partial charge in [0.2, 0.25) is 0 Å². The minimum Gasteiger partial charge on any atom is -0.505 e. The van der Waals surface area contributed by atoms with Crippen LogP contribution in [0.3, 0.4) is 0 Å². The van der Waals surface area contributed by atoms with E-state index < -0.39 is 23.4 Å². The number of nitrogens with zero attached hydrogens (tertiary/aromatic N) is 7. The number of rotatable bonds is 4. The van der Waals surface area contributed by atoms with Crippen molar-refractivity contribution >= 4 is 22.4 Å². The minimum absolute atomic E-state index is 0.0533. The molecule has 6 rings (SSSR count). The van der Waals surface area contributed by atoms with E-state index in [9.17, 15) is 18.7 Å². The van der Waals surface area contributed by atoms with Gasteiger partial charge in [-0.3, -0.25) is 9.36 Å². The van der Waals surface area contributed by atoms with Crippen LogP contribution in [0, 0.1) is 18.6 Å². The molecule has 0 saturated carbocycles. The molecular weight excluding hydrogens is 494 g/mol. The molecule has 0 bridgehead atoms. The third-order valence-electron chi connectivity index (χ3n) is 6.47. The molecule has 4 heterocycles. The number of benzene rings is 2. The molecule has 0 fully saturated rings. The average Bonchev–Trinajstić information content (AvgIpc) is 3.49. The molecule has 0 saturated heterocycles. The van der Waals surface area contributed by atoms with Gasteiger partial charge in [0.05, 0.1) is 11.1 Å². The summed E-state index contributed by atoms with van der Waals surface area (Å²) in [6, 6.07) is 12.1. The Morgan fingerprint density at radius 2 is 1.82 bits per heavy atom. The highest BCUT2D eigenvalue weighted by Crippen LogP contribution is 2.35. The van der Waals surface area contributed by atoms with E-state index >= 15 is 0 Å². The molecular formula is C26H20F2N8O2. The molecule has 0 spiro atoms. The van der Waals surface area contributed by atoms with E-state index in [1.807, 2.05) is 25.1 Å². The molecule has 0 aliphatic heterocycles. The van der Waals surface area contributed by atoms with Crippen molar-refractivity contribution < 1.29 is 13.9 Å².